The van der Waals surface area contributed by atoms with E-state index in [9.17, 15) is 9.59 Å². The van der Waals surface area contributed by atoms with E-state index in [1.807, 2.05) is 0 Å². The standard InChI is InChI=1S/C17H14N4O4/c1-24-12-8-6-11(7-9-12)15(19-20-18)10-25-21-16(22)13-4-2-3-5-14(13)17(21)23/h2-9,15H,10H2,1H3. The lowest BCUT2D eigenvalue weighted by Crippen LogP contribution is -2.31. The fourth-order valence-electron chi connectivity index (χ4n) is 2.51. The van der Waals surface area contributed by atoms with Crippen LogP contribution in [0.1, 0.15) is 32.3 Å². The highest BCUT2D eigenvalue weighted by atomic mass is 16.7. The lowest BCUT2D eigenvalue weighted by atomic mass is 10.1. The molecule has 3 rings (SSSR count). The van der Waals surface area contributed by atoms with Crippen LogP contribution in [-0.4, -0.2) is 30.6 Å². The van der Waals surface area contributed by atoms with Gasteiger partial charge in [0.15, 0.2) is 0 Å². The topological polar surface area (TPSA) is 105 Å². The Morgan fingerprint density at radius 1 is 1.08 bits per heavy atom. The largest absolute Gasteiger partial charge is 0.497 e. The number of imide groups is 1. The first-order valence-electron chi connectivity index (χ1n) is 7.44. The van der Waals surface area contributed by atoms with Crippen LogP contribution in [0.4, 0.5) is 0 Å². The normalized spacial score (nSPS) is 14.0. The number of carbonyl (C=O) groups excluding carboxylic acids is 2. The van der Waals surface area contributed by atoms with Gasteiger partial charge in [0.1, 0.15) is 5.75 Å². The van der Waals surface area contributed by atoms with E-state index in [4.69, 9.17) is 15.1 Å². The van der Waals surface area contributed by atoms with Crippen LogP contribution in [0.15, 0.2) is 53.6 Å². The SMILES string of the molecule is COc1ccc(C(CON2C(=O)c3ccccc3C2=O)N=[N+]=[N-])cc1. The molecular formula is C17H14N4O4. The molecule has 0 radical (unpaired) electrons. The van der Waals surface area contributed by atoms with Crippen molar-refractivity contribution in [3.05, 3.63) is 75.7 Å². The molecule has 1 aliphatic rings. The van der Waals surface area contributed by atoms with Gasteiger partial charge in [0.2, 0.25) is 0 Å². The first-order valence-corrected chi connectivity index (χ1v) is 7.44. The lowest BCUT2D eigenvalue weighted by Gasteiger charge is -2.17. The maximum absolute atomic E-state index is 12.3. The van der Waals surface area contributed by atoms with Crippen molar-refractivity contribution in [2.24, 2.45) is 5.11 Å². The van der Waals surface area contributed by atoms with Crippen LogP contribution in [-0.2, 0) is 4.84 Å². The molecule has 0 saturated carbocycles. The first kappa shape index (κ1) is 16.5. The number of hydrogen-bond acceptors (Lipinski definition) is 5. The van der Waals surface area contributed by atoms with Gasteiger partial charge in [-0.05, 0) is 35.4 Å². The minimum atomic E-state index is -0.694. The summed E-state index contributed by atoms with van der Waals surface area (Å²) in [5.74, 6) is -0.408. The lowest BCUT2D eigenvalue weighted by molar-refractivity contribution is -0.0955. The van der Waals surface area contributed by atoms with E-state index in [0.29, 0.717) is 16.4 Å². The molecule has 8 nitrogen and oxygen atoms in total. The number of carbonyl (C=O) groups is 2. The fourth-order valence-corrected chi connectivity index (χ4v) is 2.51. The molecule has 0 fully saturated rings. The summed E-state index contributed by atoms with van der Waals surface area (Å²) in [6, 6.07) is 12.7. The monoisotopic (exact) mass is 338 g/mol. The first-order chi connectivity index (χ1) is 12.2. The Balaban J connectivity index is 1.75. The number of benzene rings is 2. The zero-order valence-electron chi connectivity index (χ0n) is 13.3. The Hall–Kier alpha value is -3.35. The maximum Gasteiger partial charge on any atom is 0.285 e. The zero-order valence-corrected chi connectivity index (χ0v) is 13.3. The van der Waals surface area contributed by atoms with Crippen LogP contribution >= 0.6 is 0 Å². The van der Waals surface area contributed by atoms with E-state index in [2.05, 4.69) is 10.0 Å². The summed E-state index contributed by atoms with van der Waals surface area (Å²) in [5.41, 5.74) is 10.0. The van der Waals surface area contributed by atoms with E-state index in [0.717, 1.165) is 0 Å². The van der Waals surface area contributed by atoms with E-state index >= 15 is 0 Å². The number of rotatable bonds is 6. The van der Waals surface area contributed by atoms with Gasteiger partial charge in [-0.15, -0.1) is 5.06 Å². The van der Waals surface area contributed by atoms with Crippen LogP contribution in [0.2, 0.25) is 0 Å². The molecule has 25 heavy (non-hydrogen) atoms. The van der Waals surface area contributed by atoms with Gasteiger partial charge < -0.3 is 4.74 Å². The molecule has 1 atom stereocenters. The molecule has 2 aromatic rings. The zero-order chi connectivity index (χ0) is 17.8. The summed E-state index contributed by atoms with van der Waals surface area (Å²) in [6.07, 6.45) is 0. The quantitative estimate of drug-likeness (QED) is 0.349. The Labute approximate surface area is 143 Å². The Morgan fingerprint density at radius 3 is 2.20 bits per heavy atom. The third-order valence-corrected chi connectivity index (χ3v) is 3.81. The summed E-state index contributed by atoms with van der Waals surface area (Å²) in [6.45, 7) is -0.151. The predicted molar refractivity (Wildman–Crippen MR) is 87.8 cm³/mol. The van der Waals surface area contributed by atoms with Crippen LogP contribution in [0.3, 0.4) is 0 Å². The smallest absolute Gasteiger partial charge is 0.285 e. The van der Waals surface area contributed by atoms with Crippen molar-refractivity contribution >= 4 is 11.8 Å². The summed E-state index contributed by atoms with van der Waals surface area (Å²) in [7, 11) is 1.55. The molecule has 0 saturated heterocycles. The van der Waals surface area contributed by atoms with Crippen LogP contribution in [0.5, 0.6) is 5.75 Å². The third kappa shape index (κ3) is 3.16. The Kier molecular flexibility index (Phi) is 4.65. The highest BCUT2D eigenvalue weighted by molar-refractivity contribution is 6.20. The van der Waals surface area contributed by atoms with Crippen LogP contribution < -0.4 is 4.74 Å². The number of azide groups is 1. The molecule has 126 valence electrons. The van der Waals surface area contributed by atoms with Crippen molar-refractivity contribution in [3.63, 3.8) is 0 Å². The van der Waals surface area contributed by atoms with Crippen LogP contribution in [0.25, 0.3) is 10.4 Å². The predicted octanol–water partition coefficient (Wildman–Crippen LogP) is 3.27. The van der Waals surface area contributed by atoms with Crippen molar-refractivity contribution in [2.75, 3.05) is 13.7 Å². The van der Waals surface area contributed by atoms with E-state index in [1.165, 1.54) is 0 Å². The number of amides is 2. The van der Waals surface area contributed by atoms with E-state index in [1.54, 1.807) is 55.6 Å². The molecule has 2 amide bonds. The Bertz CT molecular complexity index is 824. The second-order valence-electron chi connectivity index (χ2n) is 5.24. The molecule has 0 aromatic heterocycles. The number of nitrogens with zero attached hydrogens (tertiary/aromatic N) is 4. The molecule has 8 heteroatoms. The molecular weight excluding hydrogens is 324 g/mol. The van der Waals surface area contributed by atoms with E-state index < -0.39 is 17.9 Å². The van der Waals surface area contributed by atoms with Crippen molar-refractivity contribution in [1.29, 1.82) is 0 Å². The van der Waals surface area contributed by atoms with Crippen LogP contribution in [0, 0.1) is 0 Å². The van der Waals surface area contributed by atoms with Gasteiger partial charge in [-0.3, -0.25) is 14.4 Å². The molecule has 0 aliphatic carbocycles. The van der Waals surface area contributed by atoms with Crippen molar-refractivity contribution in [2.45, 2.75) is 6.04 Å². The fraction of sp³-hybridized carbons (Fsp3) is 0.176. The number of methoxy groups -OCH3 is 1. The molecule has 0 spiro atoms. The maximum atomic E-state index is 12.3. The van der Waals surface area contributed by atoms with Gasteiger partial charge in [0, 0.05) is 4.91 Å². The molecule has 0 N–H and O–H groups in total. The van der Waals surface area contributed by atoms with Gasteiger partial charge in [-0.2, -0.15) is 0 Å². The van der Waals surface area contributed by atoms with Crippen molar-refractivity contribution in [3.8, 4) is 5.75 Å². The molecule has 0 bridgehead atoms. The highest BCUT2D eigenvalue weighted by Crippen LogP contribution is 2.26. The highest BCUT2D eigenvalue weighted by Gasteiger charge is 2.36. The summed E-state index contributed by atoms with van der Waals surface area (Å²) in [4.78, 5) is 32.7. The number of fused-ring (bicyclic) bond motifs is 1. The average molecular weight is 338 g/mol. The van der Waals surface area contributed by atoms with Gasteiger partial charge in [0.25, 0.3) is 11.8 Å². The van der Waals surface area contributed by atoms with Crippen molar-refractivity contribution < 1.29 is 19.2 Å². The number of hydroxylamine groups is 2. The molecule has 2 aromatic carbocycles. The van der Waals surface area contributed by atoms with Gasteiger partial charge >= 0.3 is 0 Å². The third-order valence-electron chi connectivity index (χ3n) is 3.81. The Morgan fingerprint density at radius 2 is 1.68 bits per heavy atom. The minimum absolute atomic E-state index is 0.151. The number of ether oxygens (including phenoxy) is 1. The number of hydrogen-bond donors (Lipinski definition) is 0. The average Bonchev–Trinajstić information content (AvgIpc) is 2.90. The van der Waals surface area contributed by atoms with Gasteiger partial charge in [-0.1, -0.05) is 29.4 Å². The molecule has 1 unspecified atom stereocenters. The second kappa shape index (κ2) is 7.04. The van der Waals surface area contributed by atoms with Gasteiger partial charge in [0.05, 0.1) is 30.9 Å². The van der Waals surface area contributed by atoms with Crippen molar-refractivity contribution in [1.82, 2.24) is 5.06 Å². The van der Waals surface area contributed by atoms with Gasteiger partial charge in [-0.25, -0.2) is 0 Å². The molecule has 1 aliphatic heterocycles. The van der Waals surface area contributed by atoms with E-state index in [-0.39, 0.29) is 17.7 Å². The minimum Gasteiger partial charge on any atom is -0.497 e. The summed E-state index contributed by atoms with van der Waals surface area (Å²) >= 11 is 0. The summed E-state index contributed by atoms with van der Waals surface area (Å²) in [5, 5.41) is 4.38. The second-order valence-corrected chi connectivity index (χ2v) is 5.24. The molecule has 1 heterocycles. The summed E-state index contributed by atoms with van der Waals surface area (Å²) < 4.78 is 5.08.